The first-order valence-electron chi connectivity index (χ1n) is 5.00. The zero-order valence-electron chi connectivity index (χ0n) is 9.29. The fourth-order valence-electron chi connectivity index (χ4n) is 1.24. The third kappa shape index (κ3) is 3.29. The number of aliphatic hydroxyl groups is 1. The lowest BCUT2D eigenvalue weighted by molar-refractivity contribution is -0.140. The first-order chi connectivity index (χ1) is 8.45. The highest BCUT2D eigenvalue weighted by Crippen LogP contribution is 2.05. The van der Waals surface area contributed by atoms with Crippen LogP contribution >= 0.6 is 0 Å². The molecule has 7 heteroatoms. The van der Waals surface area contributed by atoms with Crippen LogP contribution < -0.4 is 11.1 Å². The predicted molar refractivity (Wildman–Crippen MR) is 60.9 cm³/mol. The smallest absolute Gasteiger partial charge is 0.328 e. The minimum atomic E-state index is -1.39. The van der Waals surface area contributed by atoms with E-state index in [1.54, 1.807) is 0 Å². The molecule has 7 nitrogen and oxygen atoms in total. The summed E-state index contributed by atoms with van der Waals surface area (Å²) in [5.41, 5.74) is 5.28. The standard InChI is InChI=1S/C11H12N2O5/c12-9(15)6-2-1-3-7(4-6)10(16)13-8(5-14)11(17)18/h1-4,8,14H,5H2,(H2,12,15)(H,13,16)(H,17,18)/t8-/m1/s1. The lowest BCUT2D eigenvalue weighted by Crippen LogP contribution is -2.43. The highest BCUT2D eigenvalue weighted by atomic mass is 16.4. The third-order valence-corrected chi connectivity index (χ3v) is 2.20. The second-order valence-electron chi connectivity index (χ2n) is 3.49. The van der Waals surface area contributed by atoms with E-state index in [0.717, 1.165) is 0 Å². The van der Waals surface area contributed by atoms with Crippen LogP contribution in [0.2, 0.25) is 0 Å². The molecule has 2 amide bonds. The van der Waals surface area contributed by atoms with Gasteiger partial charge >= 0.3 is 5.97 Å². The van der Waals surface area contributed by atoms with Gasteiger partial charge in [0.1, 0.15) is 0 Å². The fraction of sp³-hybridized carbons (Fsp3) is 0.182. The van der Waals surface area contributed by atoms with E-state index in [-0.39, 0.29) is 11.1 Å². The van der Waals surface area contributed by atoms with E-state index in [2.05, 4.69) is 5.32 Å². The molecule has 5 N–H and O–H groups in total. The average molecular weight is 252 g/mol. The summed E-state index contributed by atoms with van der Waals surface area (Å²) < 4.78 is 0. The number of carboxylic acid groups (broad SMARTS) is 1. The van der Waals surface area contributed by atoms with Crippen LogP contribution in [0.15, 0.2) is 24.3 Å². The van der Waals surface area contributed by atoms with Crippen LogP contribution in [0.3, 0.4) is 0 Å². The number of aliphatic hydroxyl groups excluding tert-OH is 1. The maximum absolute atomic E-state index is 11.7. The molecule has 0 saturated heterocycles. The zero-order chi connectivity index (χ0) is 13.7. The first-order valence-corrected chi connectivity index (χ1v) is 5.00. The first kappa shape index (κ1) is 13.7. The van der Waals surface area contributed by atoms with Gasteiger partial charge in [0.15, 0.2) is 6.04 Å². The van der Waals surface area contributed by atoms with Gasteiger partial charge in [0.25, 0.3) is 5.91 Å². The number of hydrogen-bond donors (Lipinski definition) is 4. The molecule has 1 atom stereocenters. The lowest BCUT2D eigenvalue weighted by atomic mass is 10.1. The summed E-state index contributed by atoms with van der Waals surface area (Å²) in [6, 6.07) is 4.13. The molecule has 18 heavy (non-hydrogen) atoms. The molecule has 0 aliphatic heterocycles. The number of amides is 2. The molecule has 0 bridgehead atoms. The molecule has 96 valence electrons. The Kier molecular flexibility index (Phi) is 4.39. The molecule has 0 saturated carbocycles. The summed E-state index contributed by atoms with van der Waals surface area (Å²) in [6.45, 7) is -0.726. The van der Waals surface area contributed by atoms with Gasteiger partial charge in [0.2, 0.25) is 5.91 Å². The molecular formula is C11H12N2O5. The number of carboxylic acids is 1. The van der Waals surface area contributed by atoms with Crippen molar-refractivity contribution in [3.05, 3.63) is 35.4 Å². The zero-order valence-corrected chi connectivity index (χ0v) is 9.29. The molecule has 0 aliphatic rings. The number of carbonyl (C=O) groups is 3. The van der Waals surface area contributed by atoms with E-state index in [0.29, 0.717) is 0 Å². The van der Waals surface area contributed by atoms with Crippen molar-refractivity contribution in [1.29, 1.82) is 0 Å². The molecule has 0 aromatic heterocycles. The Hall–Kier alpha value is -2.41. The van der Waals surface area contributed by atoms with E-state index in [9.17, 15) is 14.4 Å². The quantitative estimate of drug-likeness (QED) is 0.532. The third-order valence-electron chi connectivity index (χ3n) is 2.20. The molecule has 0 heterocycles. The van der Waals surface area contributed by atoms with Gasteiger partial charge in [-0.2, -0.15) is 0 Å². The molecule has 0 unspecified atom stereocenters. The van der Waals surface area contributed by atoms with Gasteiger partial charge < -0.3 is 21.3 Å². The number of primary amides is 1. The van der Waals surface area contributed by atoms with Crippen LogP contribution in [0.1, 0.15) is 20.7 Å². The monoisotopic (exact) mass is 252 g/mol. The van der Waals surface area contributed by atoms with Crippen LogP contribution in [-0.2, 0) is 4.79 Å². The molecule has 1 rings (SSSR count). The van der Waals surface area contributed by atoms with Crippen molar-refractivity contribution in [3.63, 3.8) is 0 Å². The van der Waals surface area contributed by atoms with Crippen molar-refractivity contribution in [1.82, 2.24) is 5.32 Å². The lowest BCUT2D eigenvalue weighted by Gasteiger charge is -2.11. The second kappa shape index (κ2) is 5.78. The minimum Gasteiger partial charge on any atom is -0.480 e. The van der Waals surface area contributed by atoms with Gasteiger partial charge in [0, 0.05) is 11.1 Å². The SMILES string of the molecule is NC(=O)c1cccc(C(=O)N[C@H](CO)C(=O)O)c1. The number of hydrogen-bond acceptors (Lipinski definition) is 4. The number of carbonyl (C=O) groups excluding carboxylic acids is 2. The van der Waals surface area contributed by atoms with Crippen molar-refractivity contribution in [2.45, 2.75) is 6.04 Å². The molecule has 1 aromatic rings. The Bertz CT molecular complexity index is 486. The van der Waals surface area contributed by atoms with E-state index < -0.39 is 30.4 Å². The van der Waals surface area contributed by atoms with E-state index in [4.69, 9.17) is 15.9 Å². The van der Waals surface area contributed by atoms with Crippen molar-refractivity contribution in [2.75, 3.05) is 6.61 Å². The van der Waals surface area contributed by atoms with Crippen LogP contribution in [-0.4, -0.2) is 40.6 Å². The van der Waals surface area contributed by atoms with Crippen molar-refractivity contribution >= 4 is 17.8 Å². The Balaban J connectivity index is 2.87. The van der Waals surface area contributed by atoms with Crippen molar-refractivity contribution < 1.29 is 24.6 Å². The Morgan fingerprint density at radius 1 is 1.28 bits per heavy atom. The van der Waals surface area contributed by atoms with Gasteiger partial charge in [-0.25, -0.2) is 4.79 Å². The Labute approximate surface area is 102 Å². The Morgan fingerprint density at radius 2 is 1.89 bits per heavy atom. The van der Waals surface area contributed by atoms with E-state index in [1.165, 1.54) is 24.3 Å². The largest absolute Gasteiger partial charge is 0.480 e. The number of rotatable bonds is 5. The molecular weight excluding hydrogens is 240 g/mol. The average Bonchev–Trinajstić information content (AvgIpc) is 2.35. The predicted octanol–water partition coefficient (Wildman–Crippen LogP) is -1.04. The number of nitrogens with one attached hydrogen (secondary N) is 1. The maximum Gasteiger partial charge on any atom is 0.328 e. The highest BCUT2D eigenvalue weighted by molar-refractivity contribution is 6.00. The van der Waals surface area contributed by atoms with Gasteiger partial charge in [-0.05, 0) is 18.2 Å². The molecule has 0 radical (unpaired) electrons. The van der Waals surface area contributed by atoms with E-state index >= 15 is 0 Å². The summed E-state index contributed by atoms with van der Waals surface area (Å²) in [7, 11) is 0. The number of nitrogens with two attached hydrogens (primary N) is 1. The van der Waals surface area contributed by atoms with E-state index in [1.807, 2.05) is 0 Å². The van der Waals surface area contributed by atoms with Crippen molar-refractivity contribution in [2.24, 2.45) is 5.73 Å². The van der Waals surface area contributed by atoms with Crippen molar-refractivity contribution in [3.8, 4) is 0 Å². The maximum atomic E-state index is 11.7. The minimum absolute atomic E-state index is 0.0889. The van der Waals surface area contributed by atoms with Crippen LogP contribution in [0.5, 0.6) is 0 Å². The summed E-state index contributed by atoms with van der Waals surface area (Å²) in [4.78, 5) is 33.2. The highest BCUT2D eigenvalue weighted by Gasteiger charge is 2.19. The van der Waals surface area contributed by atoms with Gasteiger partial charge in [-0.1, -0.05) is 6.07 Å². The summed E-state index contributed by atoms with van der Waals surface area (Å²) in [5.74, 6) is -2.75. The summed E-state index contributed by atoms with van der Waals surface area (Å²) in [6.07, 6.45) is 0. The van der Waals surface area contributed by atoms with Gasteiger partial charge in [-0.3, -0.25) is 9.59 Å². The van der Waals surface area contributed by atoms with Crippen LogP contribution in [0.25, 0.3) is 0 Å². The number of benzene rings is 1. The van der Waals surface area contributed by atoms with Crippen LogP contribution in [0.4, 0.5) is 0 Å². The molecule has 0 spiro atoms. The second-order valence-corrected chi connectivity index (χ2v) is 3.49. The molecule has 0 aliphatic carbocycles. The number of aliphatic carboxylic acids is 1. The Morgan fingerprint density at radius 3 is 2.39 bits per heavy atom. The molecule has 1 aromatic carbocycles. The van der Waals surface area contributed by atoms with Crippen LogP contribution in [0, 0.1) is 0 Å². The summed E-state index contributed by atoms with van der Waals surface area (Å²) >= 11 is 0. The molecule has 0 fully saturated rings. The van der Waals surface area contributed by atoms with Gasteiger partial charge in [-0.15, -0.1) is 0 Å². The normalized spacial score (nSPS) is 11.6. The van der Waals surface area contributed by atoms with Gasteiger partial charge in [0.05, 0.1) is 6.61 Å². The topological polar surface area (TPSA) is 130 Å². The summed E-state index contributed by atoms with van der Waals surface area (Å²) in [5, 5.41) is 19.5. The fourth-order valence-corrected chi connectivity index (χ4v) is 1.24.